The molecule has 0 radical (unpaired) electrons. The zero-order valence-electron chi connectivity index (χ0n) is 11.3. The van der Waals surface area contributed by atoms with Crippen LogP contribution in [-0.4, -0.2) is 62.2 Å². The average Bonchev–Trinajstić information content (AvgIpc) is 2.85. The van der Waals surface area contributed by atoms with Gasteiger partial charge in [0.2, 0.25) is 5.91 Å². The molecule has 0 saturated carbocycles. The molecule has 2 aliphatic heterocycles. The van der Waals surface area contributed by atoms with Crippen molar-refractivity contribution in [1.82, 2.24) is 10.6 Å². The summed E-state index contributed by atoms with van der Waals surface area (Å²) >= 11 is 0. The molecule has 2 heterocycles. The second kappa shape index (κ2) is 7.19. The van der Waals surface area contributed by atoms with Crippen LogP contribution in [0, 0.1) is 0 Å². The van der Waals surface area contributed by atoms with Crippen LogP contribution in [0.3, 0.4) is 0 Å². The monoisotopic (exact) mass is 272 g/mol. The Morgan fingerprint density at radius 1 is 1.47 bits per heavy atom. The van der Waals surface area contributed by atoms with Gasteiger partial charge in [-0.3, -0.25) is 4.79 Å². The molecule has 0 aromatic carbocycles. The molecule has 1 atom stereocenters. The Labute approximate surface area is 113 Å². The lowest BCUT2D eigenvalue weighted by Crippen LogP contribution is -2.43. The number of piperidine rings is 1. The van der Waals surface area contributed by atoms with Crippen LogP contribution < -0.4 is 10.6 Å². The molecule has 0 aromatic rings. The van der Waals surface area contributed by atoms with Crippen LogP contribution in [0.25, 0.3) is 0 Å². The largest absolute Gasteiger partial charge is 0.386 e. The zero-order chi connectivity index (χ0) is 13.6. The van der Waals surface area contributed by atoms with Gasteiger partial charge in [-0.2, -0.15) is 0 Å². The van der Waals surface area contributed by atoms with E-state index in [4.69, 9.17) is 9.47 Å². The van der Waals surface area contributed by atoms with E-state index in [1.54, 1.807) is 0 Å². The Morgan fingerprint density at radius 2 is 2.26 bits per heavy atom. The van der Waals surface area contributed by atoms with E-state index in [0.29, 0.717) is 32.7 Å². The second-order valence-electron chi connectivity index (χ2n) is 5.37. The summed E-state index contributed by atoms with van der Waals surface area (Å²) in [6.07, 6.45) is 3.23. The molecule has 1 unspecified atom stereocenters. The Bertz CT molecular complexity index is 286. The van der Waals surface area contributed by atoms with E-state index in [2.05, 4.69) is 10.6 Å². The maximum absolute atomic E-state index is 11.6. The number of amides is 1. The maximum Gasteiger partial charge on any atom is 0.222 e. The van der Waals surface area contributed by atoms with E-state index in [-0.39, 0.29) is 18.6 Å². The van der Waals surface area contributed by atoms with Crippen molar-refractivity contribution in [3.05, 3.63) is 0 Å². The number of carbonyl (C=O) groups is 1. The standard InChI is InChI=1S/C13H24N2O4/c16-12(15-9-13(17)4-8-18-10-13)3-7-19-11-1-5-14-6-2-11/h11,14,17H,1-10H2,(H,15,16). The minimum Gasteiger partial charge on any atom is -0.386 e. The van der Waals surface area contributed by atoms with Gasteiger partial charge in [0.25, 0.3) is 0 Å². The van der Waals surface area contributed by atoms with Crippen LogP contribution in [0.5, 0.6) is 0 Å². The third kappa shape index (κ3) is 5.06. The first-order valence-corrected chi connectivity index (χ1v) is 7.07. The van der Waals surface area contributed by atoms with Gasteiger partial charge >= 0.3 is 0 Å². The Hall–Kier alpha value is -0.690. The number of hydrogen-bond donors (Lipinski definition) is 3. The highest BCUT2D eigenvalue weighted by Gasteiger charge is 2.32. The molecule has 2 rings (SSSR count). The predicted molar refractivity (Wildman–Crippen MR) is 69.9 cm³/mol. The number of hydrogen-bond acceptors (Lipinski definition) is 5. The van der Waals surface area contributed by atoms with Crippen LogP contribution >= 0.6 is 0 Å². The van der Waals surface area contributed by atoms with Crippen LogP contribution in [0.2, 0.25) is 0 Å². The predicted octanol–water partition coefficient (Wildman–Crippen LogP) is -0.587. The zero-order valence-corrected chi connectivity index (χ0v) is 11.3. The lowest BCUT2D eigenvalue weighted by molar-refractivity contribution is -0.124. The third-order valence-corrected chi connectivity index (χ3v) is 3.67. The summed E-state index contributed by atoms with van der Waals surface area (Å²) in [5, 5.41) is 16.0. The van der Waals surface area contributed by atoms with Gasteiger partial charge in [0.05, 0.1) is 19.3 Å². The van der Waals surface area contributed by atoms with Crippen LogP contribution in [0.15, 0.2) is 0 Å². The quantitative estimate of drug-likeness (QED) is 0.602. The highest BCUT2D eigenvalue weighted by molar-refractivity contribution is 5.76. The molecule has 1 amide bonds. The van der Waals surface area contributed by atoms with Crippen molar-refractivity contribution in [2.75, 3.05) is 39.5 Å². The van der Waals surface area contributed by atoms with Gasteiger partial charge in [-0.05, 0) is 25.9 Å². The fourth-order valence-electron chi connectivity index (χ4n) is 2.37. The molecule has 6 nitrogen and oxygen atoms in total. The SMILES string of the molecule is O=C(CCOC1CCNCC1)NCC1(O)CCOC1. The van der Waals surface area contributed by atoms with Gasteiger partial charge in [0.15, 0.2) is 0 Å². The summed E-state index contributed by atoms with van der Waals surface area (Å²) in [5.74, 6) is -0.0748. The summed E-state index contributed by atoms with van der Waals surface area (Å²) in [7, 11) is 0. The van der Waals surface area contributed by atoms with Gasteiger partial charge in [-0.15, -0.1) is 0 Å². The van der Waals surface area contributed by atoms with Crippen LogP contribution in [0.1, 0.15) is 25.7 Å². The van der Waals surface area contributed by atoms with Crippen molar-refractivity contribution in [2.45, 2.75) is 37.4 Å². The Morgan fingerprint density at radius 3 is 2.95 bits per heavy atom. The first kappa shape index (κ1) is 14.7. The highest BCUT2D eigenvalue weighted by atomic mass is 16.5. The first-order valence-electron chi connectivity index (χ1n) is 7.07. The topological polar surface area (TPSA) is 79.8 Å². The summed E-state index contributed by atoms with van der Waals surface area (Å²) in [6, 6.07) is 0. The fourth-order valence-corrected chi connectivity index (χ4v) is 2.37. The van der Waals surface area contributed by atoms with Gasteiger partial charge in [-0.1, -0.05) is 0 Å². The Balaban J connectivity index is 1.54. The molecule has 2 aliphatic rings. The minimum atomic E-state index is -0.883. The smallest absolute Gasteiger partial charge is 0.222 e. The first-order chi connectivity index (χ1) is 9.18. The van der Waals surface area contributed by atoms with E-state index < -0.39 is 5.60 Å². The molecule has 2 fully saturated rings. The minimum absolute atomic E-state index is 0.0748. The highest BCUT2D eigenvalue weighted by Crippen LogP contribution is 2.16. The fraction of sp³-hybridized carbons (Fsp3) is 0.923. The molecular weight excluding hydrogens is 248 g/mol. The van der Waals surface area contributed by atoms with Gasteiger partial charge < -0.3 is 25.2 Å². The van der Waals surface area contributed by atoms with E-state index >= 15 is 0 Å². The molecule has 0 aliphatic carbocycles. The van der Waals surface area contributed by atoms with Crippen molar-refractivity contribution in [1.29, 1.82) is 0 Å². The van der Waals surface area contributed by atoms with E-state index in [0.717, 1.165) is 25.9 Å². The Kier molecular flexibility index (Phi) is 5.57. The number of carbonyl (C=O) groups excluding carboxylic acids is 1. The summed E-state index contributed by atoms with van der Waals surface area (Å²) in [6.45, 7) is 3.56. The van der Waals surface area contributed by atoms with Crippen molar-refractivity contribution in [3.63, 3.8) is 0 Å². The summed E-state index contributed by atoms with van der Waals surface area (Å²) in [4.78, 5) is 11.6. The van der Waals surface area contributed by atoms with Gasteiger partial charge in [0, 0.05) is 26.0 Å². The lowest BCUT2D eigenvalue weighted by atomic mass is 10.0. The summed E-state index contributed by atoms with van der Waals surface area (Å²) < 4.78 is 10.8. The van der Waals surface area contributed by atoms with E-state index in [1.165, 1.54) is 0 Å². The molecule has 0 bridgehead atoms. The van der Waals surface area contributed by atoms with Gasteiger partial charge in [-0.25, -0.2) is 0 Å². The van der Waals surface area contributed by atoms with E-state index in [9.17, 15) is 9.90 Å². The van der Waals surface area contributed by atoms with E-state index in [1.807, 2.05) is 0 Å². The lowest BCUT2D eigenvalue weighted by Gasteiger charge is -2.23. The number of rotatable bonds is 6. The molecular formula is C13H24N2O4. The maximum atomic E-state index is 11.6. The molecule has 110 valence electrons. The van der Waals surface area contributed by atoms with Crippen LogP contribution in [-0.2, 0) is 14.3 Å². The van der Waals surface area contributed by atoms with Crippen molar-refractivity contribution in [2.24, 2.45) is 0 Å². The molecule has 0 aromatic heterocycles. The molecule has 3 N–H and O–H groups in total. The van der Waals surface area contributed by atoms with Gasteiger partial charge in [0.1, 0.15) is 5.60 Å². The second-order valence-corrected chi connectivity index (χ2v) is 5.37. The number of nitrogens with one attached hydrogen (secondary N) is 2. The van der Waals surface area contributed by atoms with Crippen LogP contribution in [0.4, 0.5) is 0 Å². The number of ether oxygens (including phenoxy) is 2. The summed E-state index contributed by atoms with van der Waals surface area (Å²) in [5.41, 5.74) is -0.883. The molecule has 2 saturated heterocycles. The van der Waals surface area contributed by atoms with Crippen molar-refractivity contribution < 1.29 is 19.4 Å². The molecule has 0 spiro atoms. The number of aliphatic hydroxyl groups is 1. The molecule has 6 heteroatoms. The van der Waals surface area contributed by atoms with Crippen molar-refractivity contribution in [3.8, 4) is 0 Å². The molecule has 19 heavy (non-hydrogen) atoms. The van der Waals surface area contributed by atoms with Crippen molar-refractivity contribution >= 4 is 5.91 Å². The average molecular weight is 272 g/mol. The normalized spacial score (nSPS) is 28.5. The third-order valence-electron chi connectivity index (χ3n) is 3.67.